The summed E-state index contributed by atoms with van der Waals surface area (Å²) >= 11 is 0. The number of carbonyl (C=O) groups excluding carboxylic acids is 1. The maximum atomic E-state index is 12.1. The number of nitrogens with one attached hydrogen (secondary N) is 1. The minimum Gasteiger partial charge on any atom is -0.480 e. The van der Waals surface area contributed by atoms with Crippen LogP contribution in [0.1, 0.15) is 39.0 Å². The summed E-state index contributed by atoms with van der Waals surface area (Å²) in [7, 11) is 0. The molecule has 5 nitrogen and oxygen atoms in total. The predicted molar refractivity (Wildman–Crippen MR) is 60.5 cm³/mol. The fraction of sp³-hybridized carbons (Fsp3) is 0.833. The molecular formula is C12H19NO4. The molecule has 96 valence electrons. The van der Waals surface area contributed by atoms with Crippen molar-refractivity contribution < 1.29 is 19.4 Å². The molecule has 0 atom stereocenters. The highest BCUT2D eigenvalue weighted by Crippen LogP contribution is 2.42. The maximum absolute atomic E-state index is 12.1. The third-order valence-corrected chi connectivity index (χ3v) is 4.06. The van der Waals surface area contributed by atoms with Crippen LogP contribution < -0.4 is 5.32 Å². The quantitative estimate of drug-likeness (QED) is 0.721. The third kappa shape index (κ3) is 2.16. The molecule has 5 heteroatoms. The first-order valence-electron chi connectivity index (χ1n) is 6.12. The van der Waals surface area contributed by atoms with E-state index < -0.39 is 11.4 Å². The molecule has 0 bridgehead atoms. The van der Waals surface area contributed by atoms with E-state index in [1.54, 1.807) is 0 Å². The summed E-state index contributed by atoms with van der Waals surface area (Å²) in [5.74, 6) is -1.31. The van der Waals surface area contributed by atoms with Gasteiger partial charge < -0.3 is 15.2 Å². The number of hydrogen-bond donors (Lipinski definition) is 2. The normalized spacial score (nSPS) is 25.7. The summed E-state index contributed by atoms with van der Waals surface area (Å²) in [4.78, 5) is 23.3. The molecule has 0 aromatic heterocycles. The minimum atomic E-state index is -1.17. The highest BCUT2D eigenvalue weighted by atomic mass is 16.5. The van der Waals surface area contributed by atoms with Gasteiger partial charge in [-0.25, -0.2) is 0 Å². The Morgan fingerprint density at radius 2 is 1.76 bits per heavy atom. The van der Waals surface area contributed by atoms with Gasteiger partial charge in [-0.15, -0.1) is 0 Å². The van der Waals surface area contributed by atoms with E-state index in [9.17, 15) is 14.7 Å². The van der Waals surface area contributed by atoms with Crippen LogP contribution in [0.25, 0.3) is 0 Å². The molecule has 0 spiro atoms. The van der Waals surface area contributed by atoms with E-state index in [0.717, 1.165) is 19.3 Å². The van der Waals surface area contributed by atoms with E-state index in [1.165, 1.54) is 0 Å². The van der Waals surface area contributed by atoms with Crippen molar-refractivity contribution in [3.8, 4) is 0 Å². The summed E-state index contributed by atoms with van der Waals surface area (Å²) < 4.78 is 5.25. The summed E-state index contributed by atoms with van der Waals surface area (Å²) in [6.07, 6.45) is 3.23. The first kappa shape index (κ1) is 12.4. The SMILES string of the molecule is CC1(NC(=O)C2(C(=O)O)CCC2)CCOCC1. The van der Waals surface area contributed by atoms with Gasteiger partial charge in [-0.05, 0) is 32.6 Å². The van der Waals surface area contributed by atoms with Crippen molar-refractivity contribution in [1.29, 1.82) is 0 Å². The summed E-state index contributed by atoms with van der Waals surface area (Å²) in [6, 6.07) is 0. The number of carboxylic acids is 1. The lowest BCUT2D eigenvalue weighted by Gasteiger charge is -2.41. The Labute approximate surface area is 101 Å². The van der Waals surface area contributed by atoms with E-state index in [4.69, 9.17) is 4.74 Å². The molecule has 0 aromatic carbocycles. The molecule has 17 heavy (non-hydrogen) atoms. The van der Waals surface area contributed by atoms with E-state index in [0.29, 0.717) is 26.1 Å². The lowest BCUT2D eigenvalue weighted by atomic mass is 9.67. The van der Waals surface area contributed by atoms with Crippen LogP contribution in [0.3, 0.4) is 0 Å². The average Bonchev–Trinajstić information content (AvgIpc) is 2.14. The highest BCUT2D eigenvalue weighted by Gasteiger charge is 2.52. The van der Waals surface area contributed by atoms with Crippen molar-refractivity contribution in [2.45, 2.75) is 44.6 Å². The lowest BCUT2D eigenvalue weighted by Crippen LogP contribution is -2.58. The zero-order valence-electron chi connectivity index (χ0n) is 10.1. The molecule has 1 aliphatic carbocycles. The molecule has 1 aliphatic heterocycles. The molecule has 0 radical (unpaired) electrons. The summed E-state index contributed by atoms with van der Waals surface area (Å²) in [5, 5.41) is 12.1. The van der Waals surface area contributed by atoms with Crippen molar-refractivity contribution >= 4 is 11.9 Å². The molecular weight excluding hydrogens is 222 g/mol. The van der Waals surface area contributed by atoms with Crippen LogP contribution in [0.15, 0.2) is 0 Å². The fourth-order valence-electron chi connectivity index (χ4n) is 2.41. The molecule has 2 fully saturated rings. The molecule has 2 aliphatic rings. The second-order valence-electron chi connectivity index (χ2n) is 5.37. The van der Waals surface area contributed by atoms with Gasteiger partial charge in [0.25, 0.3) is 0 Å². The number of rotatable bonds is 3. The van der Waals surface area contributed by atoms with Gasteiger partial charge in [0, 0.05) is 18.8 Å². The minimum absolute atomic E-state index is 0.312. The number of ether oxygens (including phenoxy) is 1. The van der Waals surface area contributed by atoms with Gasteiger partial charge in [0.1, 0.15) is 5.41 Å². The Bertz CT molecular complexity index is 329. The molecule has 2 rings (SSSR count). The van der Waals surface area contributed by atoms with E-state index >= 15 is 0 Å². The van der Waals surface area contributed by atoms with Crippen LogP contribution in [0.5, 0.6) is 0 Å². The van der Waals surface area contributed by atoms with E-state index in [-0.39, 0.29) is 11.4 Å². The van der Waals surface area contributed by atoms with Crippen LogP contribution >= 0.6 is 0 Å². The Balaban J connectivity index is 2.03. The molecule has 1 amide bonds. The van der Waals surface area contributed by atoms with Gasteiger partial charge in [0.2, 0.25) is 5.91 Å². The van der Waals surface area contributed by atoms with Gasteiger partial charge in [-0.2, -0.15) is 0 Å². The maximum Gasteiger partial charge on any atom is 0.319 e. The molecule has 0 aromatic rings. The molecule has 0 unspecified atom stereocenters. The number of carbonyl (C=O) groups is 2. The monoisotopic (exact) mass is 241 g/mol. The highest BCUT2D eigenvalue weighted by molar-refractivity contribution is 6.03. The van der Waals surface area contributed by atoms with Gasteiger partial charge in [0.05, 0.1) is 0 Å². The largest absolute Gasteiger partial charge is 0.480 e. The number of carboxylic acid groups (broad SMARTS) is 1. The van der Waals surface area contributed by atoms with E-state index in [1.807, 2.05) is 6.92 Å². The van der Waals surface area contributed by atoms with Crippen LogP contribution in [-0.2, 0) is 14.3 Å². The van der Waals surface area contributed by atoms with Gasteiger partial charge >= 0.3 is 5.97 Å². The number of hydrogen-bond acceptors (Lipinski definition) is 3. The number of aliphatic carboxylic acids is 1. The Kier molecular flexibility index (Phi) is 3.12. The van der Waals surface area contributed by atoms with Crippen LogP contribution in [0, 0.1) is 5.41 Å². The standard InChI is InChI=1S/C12H19NO4/c1-11(5-7-17-8-6-11)13-9(14)12(10(15)16)3-2-4-12/h2-8H2,1H3,(H,13,14)(H,15,16). The van der Waals surface area contributed by atoms with Gasteiger partial charge in [-0.1, -0.05) is 6.42 Å². The van der Waals surface area contributed by atoms with Crippen molar-refractivity contribution in [2.24, 2.45) is 5.41 Å². The smallest absolute Gasteiger partial charge is 0.319 e. The first-order chi connectivity index (χ1) is 7.99. The molecule has 1 saturated heterocycles. The Morgan fingerprint density at radius 3 is 2.18 bits per heavy atom. The van der Waals surface area contributed by atoms with E-state index in [2.05, 4.69) is 5.32 Å². The van der Waals surface area contributed by atoms with Crippen molar-refractivity contribution in [2.75, 3.05) is 13.2 Å². The molecule has 1 heterocycles. The van der Waals surface area contributed by atoms with Crippen molar-refractivity contribution in [1.82, 2.24) is 5.32 Å². The Morgan fingerprint density at radius 1 is 1.18 bits per heavy atom. The zero-order chi connectivity index (χ0) is 12.5. The first-order valence-corrected chi connectivity index (χ1v) is 6.12. The second-order valence-corrected chi connectivity index (χ2v) is 5.37. The topological polar surface area (TPSA) is 75.6 Å². The van der Waals surface area contributed by atoms with Crippen molar-refractivity contribution in [3.63, 3.8) is 0 Å². The van der Waals surface area contributed by atoms with Gasteiger partial charge in [0.15, 0.2) is 0 Å². The fourth-order valence-corrected chi connectivity index (χ4v) is 2.41. The van der Waals surface area contributed by atoms with Crippen LogP contribution in [-0.4, -0.2) is 35.7 Å². The Hall–Kier alpha value is -1.10. The average molecular weight is 241 g/mol. The summed E-state index contributed by atoms with van der Waals surface area (Å²) in [6.45, 7) is 3.20. The van der Waals surface area contributed by atoms with Crippen molar-refractivity contribution in [3.05, 3.63) is 0 Å². The lowest BCUT2D eigenvalue weighted by molar-refractivity contribution is -0.163. The predicted octanol–water partition coefficient (Wildman–Crippen LogP) is 0.927. The summed E-state index contributed by atoms with van der Waals surface area (Å²) in [5.41, 5.74) is -1.48. The molecule has 2 N–H and O–H groups in total. The van der Waals surface area contributed by atoms with Gasteiger partial charge in [-0.3, -0.25) is 9.59 Å². The van der Waals surface area contributed by atoms with Crippen LogP contribution in [0.2, 0.25) is 0 Å². The second kappa shape index (κ2) is 4.29. The third-order valence-electron chi connectivity index (χ3n) is 4.06. The van der Waals surface area contributed by atoms with Crippen LogP contribution in [0.4, 0.5) is 0 Å². The number of amides is 1. The molecule has 1 saturated carbocycles. The zero-order valence-corrected chi connectivity index (χ0v) is 10.1.